The van der Waals surface area contributed by atoms with E-state index >= 15 is 0 Å². The Bertz CT molecular complexity index is 1220. The van der Waals surface area contributed by atoms with Crippen LogP contribution in [0.2, 0.25) is 0 Å². The number of hydrogen-bond donors (Lipinski definition) is 1. The van der Waals surface area contributed by atoms with Gasteiger partial charge in [-0.25, -0.2) is 9.97 Å². The number of carbonyl (C=O) groups excluding carboxylic acids is 1. The topological polar surface area (TPSA) is 76.9 Å². The van der Waals surface area contributed by atoms with Crippen molar-refractivity contribution < 1.29 is 4.79 Å². The lowest BCUT2D eigenvalue weighted by Gasteiger charge is -2.00. The van der Waals surface area contributed by atoms with Crippen LogP contribution < -0.4 is 10.9 Å². The Balaban J connectivity index is 1.68. The van der Waals surface area contributed by atoms with Crippen LogP contribution in [0.3, 0.4) is 0 Å². The molecule has 136 valence electrons. The van der Waals surface area contributed by atoms with Crippen molar-refractivity contribution in [2.75, 3.05) is 5.32 Å². The summed E-state index contributed by atoms with van der Waals surface area (Å²) in [5, 5.41) is 3.90. The van der Waals surface area contributed by atoms with Crippen LogP contribution in [0, 0.1) is 13.8 Å². The molecular weight excluding hydrogens is 380 g/mol. The Morgan fingerprint density at radius 2 is 1.89 bits per heavy atom. The van der Waals surface area contributed by atoms with Gasteiger partial charge in [-0.2, -0.15) is 0 Å². The zero-order chi connectivity index (χ0) is 19.1. The minimum Gasteiger partial charge on any atom is -0.302 e. The normalized spacial score (nSPS) is 11.1. The highest BCUT2D eigenvalue weighted by molar-refractivity contribution is 7.21. The van der Waals surface area contributed by atoms with E-state index in [9.17, 15) is 9.59 Å². The Morgan fingerprint density at radius 3 is 2.63 bits per heavy atom. The number of thiazole rings is 1. The first-order chi connectivity index (χ1) is 13.0. The van der Waals surface area contributed by atoms with Gasteiger partial charge in [0.1, 0.15) is 4.83 Å². The maximum absolute atomic E-state index is 12.8. The summed E-state index contributed by atoms with van der Waals surface area (Å²) in [4.78, 5) is 35.9. The van der Waals surface area contributed by atoms with Crippen molar-refractivity contribution in [3.8, 4) is 10.4 Å². The average Bonchev–Trinajstić information content (AvgIpc) is 3.19. The summed E-state index contributed by atoms with van der Waals surface area (Å²) in [6, 6.07) is 9.94. The van der Waals surface area contributed by atoms with E-state index in [-0.39, 0.29) is 11.5 Å². The fourth-order valence-corrected chi connectivity index (χ4v) is 4.89. The van der Waals surface area contributed by atoms with Crippen molar-refractivity contribution in [2.45, 2.75) is 13.8 Å². The van der Waals surface area contributed by atoms with E-state index in [0.29, 0.717) is 25.8 Å². The second kappa shape index (κ2) is 6.71. The van der Waals surface area contributed by atoms with E-state index < -0.39 is 0 Å². The fourth-order valence-electron chi connectivity index (χ4n) is 2.89. The van der Waals surface area contributed by atoms with Crippen molar-refractivity contribution >= 4 is 43.9 Å². The summed E-state index contributed by atoms with van der Waals surface area (Å²) < 4.78 is 1.42. The quantitative estimate of drug-likeness (QED) is 0.568. The van der Waals surface area contributed by atoms with Gasteiger partial charge in [-0.1, -0.05) is 41.7 Å². The third-order valence-electron chi connectivity index (χ3n) is 4.27. The van der Waals surface area contributed by atoms with E-state index in [4.69, 9.17) is 0 Å². The molecule has 1 amide bonds. The highest BCUT2D eigenvalue weighted by atomic mass is 32.1. The predicted octanol–water partition coefficient (Wildman–Crippen LogP) is 3.99. The van der Waals surface area contributed by atoms with Gasteiger partial charge in [0.2, 0.25) is 0 Å². The maximum atomic E-state index is 12.8. The number of benzene rings is 1. The van der Waals surface area contributed by atoms with Crippen molar-refractivity contribution in [3.63, 3.8) is 0 Å². The molecule has 0 atom stereocenters. The monoisotopic (exact) mass is 396 g/mol. The van der Waals surface area contributed by atoms with E-state index in [0.717, 1.165) is 16.1 Å². The molecule has 0 aliphatic carbocycles. The lowest BCUT2D eigenvalue weighted by molar-refractivity contribution is 0.103. The van der Waals surface area contributed by atoms with Gasteiger partial charge >= 0.3 is 0 Å². The van der Waals surface area contributed by atoms with Crippen LogP contribution in [0.4, 0.5) is 5.13 Å². The largest absolute Gasteiger partial charge is 0.302 e. The Morgan fingerprint density at radius 1 is 1.15 bits per heavy atom. The lowest BCUT2D eigenvalue weighted by atomic mass is 10.2. The zero-order valence-corrected chi connectivity index (χ0v) is 16.6. The van der Waals surface area contributed by atoms with Gasteiger partial charge in [0.15, 0.2) is 5.13 Å². The second-order valence-electron chi connectivity index (χ2n) is 6.15. The molecule has 27 heavy (non-hydrogen) atoms. The number of nitrogens with one attached hydrogen (secondary N) is 1. The SMILES string of the molecule is Cc1nc(NC(=O)c2sc3ncn(C)c(=O)c3c2C)sc1-c1ccccc1. The average molecular weight is 396 g/mol. The van der Waals surface area contributed by atoms with Crippen LogP contribution in [-0.4, -0.2) is 20.4 Å². The van der Waals surface area contributed by atoms with Crippen LogP contribution in [0.25, 0.3) is 20.7 Å². The maximum Gasteiger partial charge on any atom is 0.267 e. The van der Waals surface area contributed by atoms with Gasteiger partial charge in [-0.05, 0) is 25.0 Å². The van der Waals surface area contributed by atoms with Gasteiger partial charge in [0.25, 0.3) is 11.5 Å². The first kappa shape index (κ1) is 17.6. The number of anilines is 1. The molecule has 0 bridgehead atoms. The lowest BCUT2D eigenvalue weighted by Crippen LogP contribution is -2.17. The van der Waals surface area contributed by atoms with Gasteiger partial charge in [-0.15, -0.1) is 11.3 Å². The Kier molecular flexibility index (Phi) is 4.37. The van der Waals surface area contributed by atoms with Crippen LogP contribution in [0.1, 0.15) is 20.9 Å². The molecule has 0 spiro atoms. The third kappa shape index (κ3) is 3.07. The van der Waals surface area contributed by atoms with Crippen LogP contribution in [-0.2, 0) is 7.05 Å². The minimum atomic E-state index is -0.272. The molecule has 3 aromatic heterocycles. The van der Waals surface area contributed by atoms with E-state index in [1.54, 1.807) is 14.0 Å². The Labute approximate surface area is 163 Å². The third-order valence-corrected chi connectivity index (χ3v) is 6.59. The number of amides is 1. The first-order valence-electron chi connectivity index (χ1n) is 8.24. The molecule has 0 aliphatic rings. The second-order valence-corrected chi connectivity index (χ2v) is 8.15. The van der Waals surface area contributed by atoms with Crippen molar-refractivity contribution in [1.82, 2.24) is 14.5 Å². The van der Waals surface area contributed by atoms with Gasteiger partial charge in [0, 0.05) is 7.05 Å². The summed E-state index contributed by atoms with van der Waals surface area (Å²) in [6.45, 7) is 3.70. The fraction of sp³-hybridized carbons (Fsp3) is 0.158. The number of fused-ring (bicyclic) bond motifs is 1. The number of aromatic nitrogens is 3. The highest BCUT2D eigenvalue weighted by Gasteiger charge is 2.20. The van der Waals surface area contributed by atoms with E-state index in [2.05, 4.69) is 15.3 Å². The number of aryl methyl sites for hydroxylation is 3. The van der Waals surface area contributed by atoms with Crippen molar-refractivity contribution in [3.05, 3.63) is 63.1 Å². The number of hydrogen-bond acceptors (Lipinski definition) is 6. The molecule has 0 saturated heterocycles. The molecule has 4 aromatic rings. The van der Waals surface area contributed by atoms with E-state index in [1.807, 2.05) is 37.3 Å². The molecule has 0 aliphatic heterocycles. The van der Waals surface area contributed by atoms with Crippen LogP contribution in [0.15, 0.2) is 41.5 Å². The van der Waals surface area contributed by atoms with Crippen molar-refractivity contribution in [1.29, 1.82) is 0 Å². The van der Waals surface area contributed by atoms with Gasteiger partial charge in [0.05, 0.1) is 27.2 Å². The summed E-state index contributed by atoms with van der Waals surface area (Å²) >= 11 is 2.66. The van der Waals surface area contributed by atoms with Crippen LogP contribution >= 0.6 is 22.7 Å². The zero-order valence-electron chi connectivity index (χ0n) is 14.9. The molecule has 4 rings (SSSR count). The van der Waals surface area contributed by atoms with E-state index in [1.165, 1.54) is 33.6 Å². The summed E-state index contributed by atoms with van der Waals surface area (Å²) in [7, 11) is 1.65. The summed E-state index contributed by atoms with van der Waals surface area (Å²) in [5.41, 5.74) is 2.44. The number of carbonyl (C=O) groups is 1. The molecule has 6 nitrogen and oxygen atoms in total. The highest BCUT2D eigenvalue weighted by Crippen LogP contribution is 2.33. The summed E-state index contributed by atoms with van der Waals surface area (Å²) in [6.07, 6.45) is 1.47. The summed E-state index contributed by atoms with van der Waals surface area (Å²) in [5.74, 6) is -0.272. The molecule has 0 unspecified atom stereocenters. The standard InChI is InChI=1S/C19H16N4O2S2/c1-10-13-17(20-9-23(3)18(13)25)26-14(10)16(24)22-19-21-11(2)15(27-19)12-7-5-4-6-8-12/h4-9H,1-3H3,(H,21,22,24). The molecule has 1 N–H and O–H groups in total. The molecule has 0 radical (unpaired) electrons. The van der Waals surface area contributed by atoms with Gasteiger partial charge in [-0.3, -0.25) is 14.9 Å². The minimum absolute atomic E-state index is 0.149. The molecule has 3 heterocycles. The number of rotatable bonds is 3. The Hall–Kier alpha value is -2.84. The molecule has 8 heteroatoms. The number of nitrogens with zero attached hydrogens (tertiary/aromatic N) is 3. The first-order valence-corrected chi connectivity index (χ1v) is 9.88. The van der Waals surface area contributed by atoms with Crippen LogP contribution in [0.5, 0.6) is 0 Å². The predicted molar refractivity (Wildman–Crippen MR) is 110 cm³/mol. The van der Waals surface area contributed by atoms with Gasteiger partial charge < -0.3 is 4.57 Å². The molecule has 0 saturated carbocycles. The molecular formula is C19H16N4O2S2. The molecule has 1 aromatic carbocycles. The number of thiophene rings is 1. The molecule has 0 fully saturated rings. The van der Waals surface area contributed by atoms with Crippen molar-refractivity contribution in [2.24, 2.45) is 7.05 Å². The smallest absolute Gasteiger partial charge is 0.267 e.